The average Bonchev–Trinajstić information content (AvgIpc) is 3.83. The van der Waals surface area contributed by atoms with Crippen molar-refractivity contribution in [1.82, 2.24) is 19.5 Å². The van der Waals surface area contributed by atoms with Crippen LogP contribution in [0.1, 0.15) is 11.0 Å². The number of rotatable bonds is 5. The Morgan fingerprint density at radius 2 is 0.880 bits per heavy atom. The monoisotopic (exact) mass is 648 g/mol. The van der Waals surface area contributed by atoms with Crippen molar-refractivity contribution in [3.63, 3.8) is 0 Å². The van der Waals surface area contributed by atoms with Crippen LogP contribution < -0.4 is 0 Å². The minimum atomic E-state index is -0.492. The van der Waals surface area contributed by atoms with Crippen LogP contribution in [0.5, 0.6) is 0 Å². The van der Waals surface area contributed by atoms with Gasteiger partial charge in [-0.15, -0.1) is 0 Å². The van der Waals surface area contributed by atoms with Gasteiger partial charge >= 0.3 is 0 Å². The second-order valence-corrected chi connectivity index (χ2v) is 11.9. The highest BCUT2D eigenvalue weighted by atomic mass is 16.3. The zero-order valence-electron chi connectivity index (χ0n) is 34.2. The van der Waals surface area contributed by atoms with E-state index in [1.165, 1.54) is 4.57 Å². The molecule has 0 N–H and O–H groups in total. The summed E-state index contributed by atoms with van der Waals surface area (Å²) < 4.78 is 77.0. The lowest BCUT2D eigenvalue weighted by Gasteiger charge is -2.09. The van der Waals surface area contributed by atoms with Crippen molar-refractivity contribution >= 4 is 43.7 Å². The van der Waals surface area contributed by atoms with Gasteiger partial charge in [-0.2, -0.15) is 0 Å². The first-order valence-corrected chi connectivity index (χ1v) is 16.0. The van der Waals surface area contributed by atoms with E-state index in [4.69, 9.17) is 30.3 Å². The molecule has 0 fully saturated rings. The maximum atomic E-state index is 8.93. The van der Waals surface area contributed by atoms with Gasteiger partial charge in [-0.25, -0.2) is 15.0 Å². The molecule has 50 heavy (non-hydrogen) atoms. The van der Waals surface area contributed by atoms with Gasteiger partial charge in [0.15, 0.2) is 17.5 Å². The van der Waals surface area contributed by atoms with E-state index in [1.807, 2.05) is 91.0 Å². The molecule has 0 bridgehead atoms. The fourth-order valence-corrected chi connectivity index (χ4v) is 6.52. The number of hydrogen-bond donors (Lipinski definition) is 0. The predicted octanol–water partition coefficient (Wildman–Crippen LogP) is 11.5. The summed E-state index contributed by atoms with van der Waals surface area (Å²) in [6.07, 6.45) is 0. The highest BCUT2D eigenvalue weighted by molar-refractivity contribution is 6.11. The number of aromatic nitrogens is 4. The van der Waals surface area contributed by atoms with Gasteiger partial charge in [-0.05, 0) is 59.6 Å². The van der Waals surface area contributed by atoms with Crippen molar-refractivity contribution in [2.75, 3.05) is 0 Å². The molecule has 0 atom stereocenters. The molecule has 10 aromatic rings. The van der Waals surface area contributed by atoms with Gasteiger partial charge in [0, 0.05) is 43.9 Å². The molecule has 0 spiro atoms. The molecule has 0 aliphatic rings. The van der Waals surface area contributed by atoms with Crippen LogP contribution in [0.4, 0.5) is 0 Å². The summed E-state index contributed by atoms with van der Waals surface area (Å²) >= 11 is 0. The Morgan fingerprint density at radius 1 is 0.420 bits per heavy atom. The Labute approximate surface area is 299 Å². The predicted molar refractivity (Wildman–Crippen MR) is 203 cm³/mol. The van der Waals surface area contributed by atoms with E-state index in [-0.39, 0.29) is 46.0 Å². The Bertz CT molecular complexity index is 3240. The van der Waals surface area contributed by atoms with Crippen molar-refractivity contribution in [1.29, 1.82) is 0 Å². The van der Waals surface area contributed by atoms with Crippen LogP contribution in [-0.2, 0) is 0 Å². The summed E-state index contributed by atoms with van der Waals surface area (Å²) in [5.74, 6) is 1.45. The van der Waals surface area contributed by atoms with E-state index in [1.54, 1.807) is 18.2 Å². The molecule has 0 radical (unpaired) electrons. The Balaban J connectivity index is 1.17. The van der Waals surface area contributed by atoms with Crippen LogP contribution in [0.3, 0.4) is 0 Å². The number of nitrogens with zero attached hydrogens (tertiary/aromatic N) is 4. The van der Waals surface area contributed by atoms with Crippen molar-refractivity contribution < 1.29 is 15.4 Å². The van der Waals surface area contributed by atoms with Gasteiger partial charge < -0.3 is 8.98 Å². The van der Waals surface area contributed by atoms with E-state index < -0.39 is 24.2 Å². The van der Waals surface area contributed by atoms with E-state index in [0.29, 0.717) is 50.7 Å². The molecule has 3 aromatic heterocycles. The molecular weight excluding hydrogens is 613 g/mol. The average molecular weight is 649 g/mol. The minimum Gasteiger partial charge on any atom is -0.456 e. The number of benzene rings is 7. The van der Waals surface area contributed by atoms with Gasteiger partial charge in [0.1, 0.15) is 11.2 Å². The van der Waals surface area contributed by atoms with E-state index in [2.05, 4.69) is 12.1 Å². The quantitative estimate of drug-likeness (QED) is 0.186. The summed E-state index contributed by atoms with van der Waals surface area (Å²) in [5, 5.41) is 1.42. The molecule has 10 rings (SSSR count). The molecule has 0 saturated carbocycles. The zero-order valence-corrected chi connectivity index (χ0v) is 26.2. The summed E-state index contributed by atoms with van der Waals surface area (Å²) in [7, 11) is 0. The first kappa shape index (κ1) is 21.2. The van der Waals surface area contributed by atoms with E-state index in [9.17, 15) is 0 Å². The lowest BCUT2D eigenvalue weighted by molar-refractivity contribution is 0.669. The smallest absolute Gasteiger partial charge is 0.164 e. The molecule has 5 heteroatoms. The fraction of sp³-hybridized carbons (Fsp3) is 0. The minimum absolute atomic E-state index is 0.0157. The van der Waals surface area contributed by atoms with Crippen molar-refractivity contribution in [2.24, 2.45) is 0 Å². The van der Waals surface area contributed by atoms with E-state index >= 15 is 0 Å². The van der Waals surface area contributed by atoms with Crippen LogP contribution in [-0.4, -0.2) is 19.5 Å². The number of para-hydroxylation sites is 2. The summed E-state index contributed by atoms with van der Waals surface area (Å²) in [5.41, 5.74) is 6.15. The topological polar surface area (TPSA) is 56.7 Å². The molecule has 0 aliphatic carbocycles. The lowest BCUT2D eigenvalue weighted by Crippen LogP contribution is -2.00. The van der Waals surface area contributed by atoms with Gasteiger partial charge in [-0.1, -0.05) is 121 Å². The van der Waals surface area contributed by atoms with Crippen LogP contribution in [0.25, 0.3) is 94.7 Å². The zero-order chi connectivity index (χ0) is 40.0. The molecule has 7 aromatic carbocycles. The van der Waals surface area contributed by atoms with Crippen LogP contribution >= 0.6 is 0 Å². The number of furan rings is 1. The molecule has 0 unspecified atom stereocenters. The van der Waals surface area contributed by atoms with Crippen molar-refractivity contribution in [3.05, 3.63) is 170 Å². The molecular formula is C45H28N4O. The molecule has 0 aliphatic heterocycles. The second-order valence-electron chi connectivity index (χ2n) is 11.9. The summed E-state index contributed by atoms with van der Waals surface area (Å²) in [6, 6.07) is 35.4. The highest BCUT2D eigenvalue weighted by Gasteiger charge is 2.17. The normalized spacial score (nSPS) is 13.8. The Kier molecular flexibility index (Phi) is 4.83. The number of fused-ring (bicyclic) bond motifs is 6. The number of hydrogen-bond acceptors (Lipinski definition) is 4. The first-order valence-electron chi connectivity index (χ1n) is 20.0. The Morgan fingerprint density at radius 3 is 1.52 bits per heavy atom. The third-order valence-corrected chi connectivity index (χ3v) is 8.92. The summed E-state index contributed by atoms with van der Waals surface area (Å²) in [4.78, 5) is 14.8. The third kappa shape index (κ3) is 4.67. The fourth-order valence-electron chi connectivity index (χ4n) is 6.52. The van der Waals surface area contributed by atoms with Crippen LogP contribution in [0.15, 0.2) is 174 Å². The first-order chi connectivity index (χ1) is 28.1. The third-order valence-electron chi connectivity index (χ3n) is 8.92. The van der Waals surface area contributed by atoms with Gasteiger partial charge in [-0.3, -0.25) is 0 Å². The maximum absolute atomic E-state index is 8.93. The lowest BCUT2D eigenvalue weighted by atomic mass is 10.0. The second kappa shape index (κ2) is 11.4. The van der Waals surface area contributed by atoms with Gasteiger partial charge in [0.25, 0.3) is 0 Å². The molecule has 0 amide bonds. The molecule has 0 saturated heterocycles. The van der Waals surface area contributed by atoms with Gasteiger partial charge in [0.2, 0.25) is 0 Å². The summed E-state index contributed by atoms with van der Waals surface area (Å²) in [6.45, 7) is 0. The van der Waals surface area contributed by atoms with Crippen molar-refractivity contribution in [2.45, 2.75) is 0 Å². The standard InChI is InChI=1S/C45H28N4O/c1-3-11-29(12-4-1)30-19-21-32(22-20-30)44-46-43(31-13-5-2-6-14-31)47-45(48-44)33-23-25-41-37(27-33)38-28-34(24-26-42(38)50-41)49-39-17-9-7-15-35(39)36-16-8-10-18-40(36)49/h1-28H/i7D,8D,9D,10D,15D,16D,17D,18D. The van der Waals surface area contributed by atoms with Crippen LogP contribution in [0, 0.1) is 0 Å². The molecule has 234 valence electrons. The van der Waals surface area contributed by atoms with Crippen LogP contribution in [0.2, 0.25) is 0 Å². The SMILES string of the molecule is [2H]c1c([2H])c([2H])c2c(c1[2H])c1c([2H])c([2H])c([2H])c([2H])c1n2-c1ccc2oc3ccc(-c4nc(-c5ccccc5)nc(-c5ccc(-c6ccccc6)cc5)n4)cc3c2c1. The highest BCUT2D eigenvalue weighted by Crippen LogP contribution is 2.37. The van der Waals surface area contributed by atoms with Gasteiger partial charge in [0.05, 0.1) is 22.0 Å². The molecule has 5 nitrogen and oxygen atoms in total. The molecule has 3 heterocycles. The van der Waals surface area contributed by atoms with Crippen molar-refractivity contribution in [3.8, 4) is 51.0 Å². The Hall–Kier alpha value is -6.85. The largest absolute Gasteiger partial charge is 0.456 e. The van der Waals surface area contributed by atoms with E-state index in [0.717, 1.165) is 22.3 Å². The maximum Gasteiger partial charge on any atom is 0.164 e.